The van der Waals surface area contributed by atoms with Crippen molar-refractivity contribution in [2.75, 3.05) is 13.2 Å². The second-order valence-electron chi connectivity index (χ2n) is 4.49. The first-order valence-corrected chi connectivity index (χ1v) is 7.14. The van der Waals surface area contributed by atoms with Crippen LogP contribution in [-0.2, 0) is 9.47 Å². The molecular formula is C16H14F2N2O4. The molecule has 2 aromatic rings. The molecule has 0 saturated heterocycles. The Morgan fingerprint density at radius 2 is 1.25 bits per heavy atom. The van der Waals surface area contributed by atoms with Gasteiger partial charge in [-0.25, -0.2) is 19.6 Å². The molecule has 126 valence electrons. The molecule has 0 amide bonds. The van der Waals surface area contributed by atoms with Crippen molar-refractivity contribution in [3.63, 3.8) is 0 Å². The molecule has 2 rings (SSSR count). The molecule has 0 radical (unpaired) electrons. The van der Waals surface area contributed by atoms with E-state index in [1.165, 1.54) is 12.1 Å². The normalized spacial score (nSPS) is 10.3. The molecule has 0 bridgehead atoms. The first-order chi connectivity index (χ1) is 11.5. The zero-order valence-electron chi connectivity index (χ0n) is 13.0. The zero-order chi connectivity index (χ0) is 17.7. The monoisotopic (exact) mass is 336 g/mol. The van der Waals surface area contributed by atoms with Crippen LogP contribution < -0.4 is 0 Å². The minimum absolute atomic E-state index is 0.0159. The fraction of sp³-hybridized carbons (Fsp3) is 0.250. The van der Waals surface area contributed by atoms with Crippen LogP contribution in [0.1, 0.15) is 34.6 Å². The minimum Gasteiger partial charge on any atom is -0.462 e. The maximum atomic E-state index is 14.1. The summed E-state index contributed by atoms with van der Waals surface area (Å²) in [4.78, 5) is 30.9. The molecule has 6 nitrogen and oxygen atoms in total. The van der Waals surface area contributed by atoms with Crippen LogP contribution in [-0.4, -0.2) is 35.1 Å². The lowest BCUT2D eigenvalue weighted by atomic mass is 9.98. The molecule has 2 heterocycles. The average molecular weight is 336 g/mol. The quantitative estimate of drug-likeness (QED) is 0.617. The third-order valence-electron chi connectivity index (χ3n) is 3.06. The first kappa shape index (κ1) is 17.5. The Kier molecular flexibility index (Phi) is 5.51. The molecule has 0 unspecified atom stereocenters. The zero-order valence-corrected chi connectivity index (χ0v) is 13.0. The minimum atomic E-state index is -1.09. The van der Waals surface area contributed by atoms with E-state index in [1.807, 2.05) is 0 Å². The van der Waals surface area contributed by atoms with Gasteiger partial charge in [-0.3, -0.25) is 0 Å². The molecule has 24 heavy (non-hydrogen) atoms. The van der Waals surface area contributed by atoms with Crippen LogP contribution in [0.5, 0.6) is 0 Å². The smallest absolute Gasteiger partial charge is 0.343 e. The summed E-state index contributed by atoms with van der Waals surface area (Å²) in [5, 5.41) is 0. The highest BCUT2D eigenvalue weighted by molar-refractivity contribution is 6.03. The highest BCUT2D eigenvalue weighted by Crippen LogP contribution is 2.30. The molecule has 0 spiro atoms. The molecule has 0 aromatic carbocycles. The summed E-state index contributed by atoms with van der Waals surface area (Å²) in [6.07, 6.45) is 2.20. The number of carbonyl (C=O) groups excluding carboxylic acids is 2. The summed E-state index contributed by atoms with van der Waals surface area (Å²) in [7, 11) is 0. The average Bonchev–Trinajstić information content (AvgIpc) is 2.54. The Morgan fingerprint density at radius 3 is 1.58 bits per heavy atom. The van der Waals surface area contributed by atoms with Gasteiger partial charge in [0.25, 0.3) is 0 Å². The first-order valence-electron chi connectivity index (χ1n) is 7.14. The van der Waals surface area contributed by atoms with Crippen molar-refractivity contribution in [2.45, 2.75) is 13.8 Å². The Balaban J connectivity index is 2.70. The Labute approximate surface area is 136 Å². The van der Waals surface area contributed by atoms with E-state index < -0.39 is 35.0 Å². The number of aromatic nitrogens is 2. The Morgan fingerprint density at radius 1 is 0.875 bits per heavy atom. The van der Waals surface area contributed by atoms with E-state index in [4.69, 9.17) is 9.47 Å². The summed E-state index contributed by atoms with van der Waals surface area (Å²) < 4.78 is 37.7. The number of rotatable bonds is 5. The van der Waals surface area contributed by atoms with E-state index in [-0.39, 0.29) is 24.3 Å². The van der Waals surface area contributed by atoms with Crippen molar-refractivity contribution in [3.8, 4) is 11.1 Å². The van der Waals surface area contributed by atoms with Gasteiger partial charge < -0.3 is 9.47 Å². The molecule has 8 heteroatoms. The topological polar surface area (TPSA) is 78.4 Å². The van der Waals surface area contributed by atoms with Crippen LogP contribution in [0.4, 0.5) is 8.78 Å². The van der Waals surface area contributed by atoms with Gasteiger partial charge in [0.2, 0.25) is 11.9 Å². The van der Waals surface area contributed by atoms with E-state index in [2.05, 4.69) is 9.97 Å². The summed E-state index contributed by atoms with van der Waals surface area (Å²) in [6.45, 7) is 3.15. The molecular weight excluding hydrogens is 322 g/mol. The summed E-state index contributed by atoms with van der Waals surface area (Å²) in [5.74, 6) is -4.11. The summed E-state index contributed by atoms with van der Waals surface area (Å²) >= 11 is 0. The Hall–Kier alpha value is -2.90. The fourth-order valence-corrected chi connectivity index (χ4v) is 2.12. The lowest BCUT2D eigenvalue weighted by Gasteiger charge is -2.13. The number of ether oxygens (including phenoxy) is 2. The van der Waals surface area contributed by atoms with Crippen molar-refractivity contribution in [2.24, 2.45) is 0 Å². The largest absolute Gasteiger partial charge is 0.462 e. The van der Waals surface area contributed by atoms with Gasteiger partial charge in [0, 0.05) is 23.5 Å². The highest BCUT2D eigenvalue weighted by atomic mass is 19.1. The number of pyridine rings is 2. The number of halogens is 2. The predicted octanol–water partition coefficient (Wildman–Crippen LogP) is 2.78. The van der Waals surface area contributed by atoms with Gasteiger partial charge in [0.1, 0.15) is 11.1 Å². The fourth-order valence-electron chi connectivity index (χ4n) is 2.12. The van der Waals surface area contributed by atoms with Crippen LogP contribution in [0, 0.1) is 11.9 Å². The molecule has 0 N–H and O–H groups in total. The van der Waals surface area contributed by atoms with E-state index in [0.717, 1.165) is 12.4 Å². The van der Waals surface area contributed by atoms with Crippen LogP contribution in [0.25, 0.3) is 11.1 Å². The summed E-state index contributed by atoms with van der Waals surface area (Å²) in [6, 6.07) is 2.57. The second-order valence-corrected chi connectivity index (χ2v) is 4.49. The summed E-state index contributed by atoms with van der Waals surface area (Å²) in [5.41, 5.74) is -1.05. The lowest BCUT2D eigenvalue weighted by molar-refractivity contribution is 0.0507. The number of hydrogen-bond acceptors (Lipinski definition) is 6. The third kappa shape index (κ3) is 3.37. The van der Waals surface area contributed by atoms with Crippen molar-refractivity contribution >= 4 is 11.9 Å². The molecule has 2 aromatic heterocycles. The number of nitrogens with zero attached hydrogens (tertiary/aromatic N) is 2. The van der Waals surface area contributed by atoms with Crippen molar-refractivity contribution in [3.05, 3.63) is 47.5 Å². The third-order valence-corrected chi connectivity index (χ3v) is 3.06. The Bertz CT molecular complexity index is 715. The SMILES string of the molecule is CCOC(=O)c1c(-c2ccnc(F)c2C(=O)OCC)ccnc1F. The maximum Gasteiger partial charge on any atom is 0.343 e. The van der Waals surface area contributed by atoms with Gasteiger partial charge in [0.15, 0.2) is 0 Å². The van der Waals surface area contributed by atoms with Crippen molar-refractivity contribution in [1.29, 1.82) is 0 Å². The number of carbonyl (C=O) groups is 2. The lowest BCUT2D eigenvalue weighted by Crippen LogP contribution is -2.14. The molecule has 0 aliphatic rings. The van der Waals surface area contributed by atoms with Crippen molar-refractivity contribution in [1.82, 2.24) is 9.97 Å². The van der Waals surface area contributed by atoms with Gasteiger partial charge >= 0.3 is 11.9 Å². The maximum absolute atomic E-state index is 14.1. The number of hydrogen-bond donors (Lipinski definition) is 0. The molecule has 0 fully saturated rings. The van der Waals surface area contributed by atoms with Gasteiger partial charge in [-0.15, -0.1) is 0 Å². The van der Waals surface area contributed by atoms with Crippen LogP contribution >= 0.6 is 0 Å². The predicted molar refractivity (Wildman–Crippen MR) is 79.3 cm³/mol. The van der Waals surface area contributed by atoms with Crippen LogP contribution in [0.15, 0.2) is 24.5 Å². The molecule has 0 aliphatic heterocycles. The molecule has 0 atom stereocenters. The van der Waals surface area contributed by atoms with E-state index in [0.29, 0.717) is 0 Å². The van der Waals surface area contributed by atoms with E-state index in [9.17, 15) is 18.4 Å². The van der Waals surface area contributed by atoms with E-state index >= 15 is 0 Å². The van der Waals surface area contributed by atoms with Crippen LogP contribution in [0.3, 0.4) is 0 Å². The molecule has 0 aliphatic carbocycles. The van der Waals surface area contributed by atoms with Gasteiger partial charge in [-0.05, 0) is 26.0 Å². The van der Waals surface area contributed by atoms with Crippen LogP contribution in [0.2, 0.25) is 0 Å². The standard InChI is InChI=1S/C16H14F2N2O4/c1-3-23-15(21)11-9(5-7-19-13(11)17)10-6-8-20-14(18)12(10)16(22)24-4-2/h5-8H,3-4H2,1-2H3. The van der Waals surface area contributed by atoms with E-state index in [1.54, 1.807) is 13.8 Å². The number of esters is 2. The second kappa shape index (κ2) is 7.58. The van der Waals surface area contributed by atoms with Gasteiger partial charge in [-0.1, -0.05) is 0 Å². The van der Waals surface area contributed by atoms with Crippen molar-refractivity contribution < 1.29 is 27.8 Å². The van der Waals surface area contributed by atoms with Gasteiger partial charge in [0.05, 0.1) is 13.2 Å². The molecule has 0 saturated carbocycles. The highest BCUT2D eigenvalue weighted by Gasteiger charge is 2.26. The van der Waals surface area contributed by atoms with Gasteiger partial charge in [-0.2, -0.15) is 8.78 Å².